The number of fused-ring (bicyclic) bond motifs is 1. The van der Waals surface area contributed by atoms with E-state index in [-0.39, 0.29) is 10.8 Å². The van der Waals surface area contributed by atoms with E-state index < -0.39 is 12.1 Å². The molecule has 2 aromatic heterocycles. The van der Waals surface area contributed by atoms with Crippen LogP contribution in [0.25, 0.3) is 10.2 Å². The molecule has 0 saturated heterocycles. The van der Waals surface area contributed by atoms with Crippen LogP contribution in [-0.2, 0) is 20.8 Å². The molecule has 3 aromatic rings. The van der Waals surface area contributed by atoms with Crippen molar-refractivity contribution >= 4 is 39.1 Å². The fraction of sp³-hybridized carbons (Fsp3) is 0.240. The number of nitrogens with one attached hydrogen (secondary N) is 1. The number of aromatic nitrogens is 1. The smallest absolute Gasteiger partial charge is 0.350 e. The maximum Gasteiger partial charge on any atom is 0.350 e. The summed E-state index contributed by atoms with van der Waals surface area (Å²) in [5.41, 5.74) is 1.92. The number of ether oxygens (including phenoxy) is 2. The van der Waals surface area contributed by atoms with Crippen molar-refractivity contribution < 1.29 is 19.1 Å². The molecule has 1 amide bonds. The van der Waals surface area contributed by atoms with Gasteiger partial charge in [-0.25, -0.2) is 9.78 Å². The molecular formula is C25H27N3O4S. The lowest BCUT2D eigenvalue weighted by molar-refractivity contribution is -0.126. The fourth-order valence-corrected chi connectivity index (χ4v) is 4.54. The van der Waals surface area contributed by atoms with Crippen molar-refractivity contribution in [3.63, 3.8) is 0 Å². The molecular weight excluding hydrogens is 438 g/mol. The zero-order chi connectivity index (χ0) is 23.8. The van der Waals surface area contributed by atoms with Gasteiger partial charge in [0.1, 0.15) is 9.71 Å². The molecule has 7 nitrogen and oxygen atoms in total. The van der Waals surface area contributed by atoms with Crippen LogP contribution in [0.1, 0.15) is 27.0 Å². The van der Waals surface area contributed by atoms with Gasteiger partial charge in [0.15, 0.2) is 6.10 Å². The van der Waals surface area contributed by atoms with Gasteiger partial charge in [-0.2, -0.15) is 0 Å². The van der Waals surface area contributed by atoms with Crippen LogP contribution in [0.15, 0.2) is 67.8 Å². The summed E-state index contributed by atoms with van der Waals surface area (Å²) in [6, 6.07) is 12.9. The number of hydrogen-bond donors (Lipinski definition) is 1. The van der Waals surface area contributed by atoms with E-state index in [4.69, 9.17) is 14.5 Å². The van der Waals surface area contributed by atoms with Crippen LogP contribution >= 0.6 is 11.3 Å². The Morgan fingerprint density at radius 3 is 2.42 bits per heavy atom. The Balaban J connectivity index is 1.96. The van der Waals surface area contributed by atoms with Crippen molar-refractivity contribution in [1.82, 2.24) is 9.88 Å². The Morgan fingerprint density at radius 2 is 1.82 bits per heavy atom. The predicted octanol–water partition coefficient (Wildman–Crippen LogP) is 4.58. The third-order valence-electron chi connectivity index (χ3n) is 4.97. The molecule has 1 N–H and O–H groups in total. The Bertz CT molecular complexity index is 1130. The largest absolute Gasteiger partial charge is 0.465 e. The number of pyridine rings is 1. The van der Waals surface area contributed by atoms with Crippen LogP contribution in [0.3, 0.4) is 0 Å². The average molecular weight is 466 g/mol. The highest BCUT2D eigenvalue weighted by atomic mass is 32.1. The number of benzene rings is 1. The van der Waals surface area contributed by atoms with Gasteiger partial charge in [-0.1, -0.05) is 42.5 Å². The number of carbonyl (C=O) groups is 2. The van der Waals surface area contributed by atoms with Gasteiger partial charge in [-0.15, -0.1) is 24.5 Å². The number of carbonyl (C=O) groups excluding carboxylic acids is 2. The molecule has 1 aromatic carbocycles. The van der Waals surface area contributed by atoms with E-state index in [2.05, 4.69) is 23.4 Å². The summed E-state index contributed by atoms with van der Waals surface area (Å²) >= 11 is 1.18. The summed E-state index contributed by atoms with van der Waals surface area (Å²) in [5, 5.41) is 3.53. The lowest BCUT2D eigenvalue weighted by Crippen LogP contribution is -2.24. The van der Waals surface area contributed by atoms with E-state index in [0.29, 0.717) is 41.1 Å². The first kappa shape index (κ1) is 24.3. The van der Waals surface area contributed by atoms with Crippen molar-refractivity contribution in [2.45, 2.75) is 12.6 Å². The zero-order valence-electron chi connectivity index (χ0n) is 18.7. The molecule has 0 aliphatic rings. The third-order valence-corrected chi connectivity index (χ3v) is 6.05. The molecule has 33 heavy (non-hydrogen) atoms. The number of anilines is 1. The van der Waals surface area contributed by atoms with Crippen LogP contribution in [0.5, 0.6) is 0 Å². The van der Waals surface area contributed by atoms with E-state index >= 15 is 0 Å². The monoisotopic (exact) mass is 465 g/mol. The van der Waals surface area contributed by atoms with Crippen molar-refractivity contribution in [2.75, 3.05) is 32.6 Å². The van der Waals surface area contributed by atoms with E-state index in [1.807, 2.05) is 54.6 Å². The maximum atomic E-state index is 13.1. The molecule has 0 fully saturated rings. The summed E-state index contributed by atoms with van der Waals surface area (Å²) in [6.07, 6.45) is 2.83. The van der Waals surface area contributed by atoms with Crippen LogP contribution < -0.4 is 5.32 Å². The van der Waals surface area contributed by atoms with Crippen molar-refractivity contribution in [3.8, 4) is 0 Å². The topological polar surface area (TPSA) is 80.8 Å². The number of methoxy groups -OCH3 is 2. The minimum Gasteiger partial charge on any atom is -0.465 e. The molecule has 8 heteroatoms. The van der Waals surface area contributed by atoms with Gasteiger partial charge in [0, 0.05) is 32.1 Å². The Kier molecular flexibility index (Phi) is 8.48. The van der Waals surface area contributed by atoms with Crippen molar-refractivity contribution in [3.05, 3.63) is 83.9 Å². The molecule has 0 radical (unpaired) electrons. The summed E-state index contributed by atoms with van der Waals surface area (Å²) in [6.45, 7) is 9.58. The highest BCUT2D eigenvalue weighted by Crippen LogP contribution is 2.36. The number of nitrogens with zero attached hydrogens (tertiary/aromatic N) is 2. The highest BCUT2D eigenvalue weighted by molar-refractivity contribution is 7.21. The molecule has 0 unspecified atom stereocenters. The highest BCUT2D eigenvalue weighted by Gasteiger charge is 2.26. The van der Waals surface area contributed by atoms with Crippen molar-refractivity contribution in [1.29, 1.82) is 0 Å². The Labute approximate surface area is 197 Å². The second kappa shape index (κ2) is 11.5. The summed E-state index contributed by atoms with van der Waals surface area (Å²) in [7, 11) is 2.78. The lowest BCUT2D eigenvalue weighted by atomic mass is 10.1. The van der Waals surface area contributed by atoms with Gasteiger partial charge < -0.3 is 14.8 Å². The van der Waals surface area contributed by atoms with E-state index in [9.17, 15) is 9.59 Å². The van der Waals surface area contributed by atoms with Crippen molar-refractivity contribution in [2.24, 2.45) is 0 Å². The molecule has 3 rings (SSSR count). The number of thiophene rings is 1. The van der Waals surface area contributed by atoms with Crippen LogP contribution in [0.4, 0.5) is 5.69 Å². The first-order chi connectivity index (χ1) is 16.0. The minimum absolute atomic E-state index is 0.280. The number of rotatable bonds is 11. The average Bonchev–Trinajstić information content (AvgIpc) is 3.17. The van der Waals surface area contributed by atoms with Gasteiger partial charge in [0.05, 0.1) is 18.5 Å². The van der Waals surface area contributed by atoms with E-state index in [1.54, 1.807) is 0 Å². The van der Waals surface area contributed by atoms with Gasteiger partial charge in [-0.3, -0.25) is 9.69 Å². The standard InChI is InChI=1S/C25H27N3O4S/c1-5-14-28(15-6-2)16-18-12-13-19-20(22(25(30)32-4)33-24(19)26-18)27-23(29)21(31-3)17-10-8-7-9-11-17/h5-13,21H,1-2,14-16H2,3-4H3,(H,27,29)/t21-/m0/s1. The second-order valence-corrected chi connectivity index (χ2v) is 8.24. The Morgan fingerprint density at radius 1 is 1.12 bits per heavy atom. The molecule has 0 saturated carbocycles. The number of amides is 1. The molecule has 2 heterocycles. The number of hydrogen-bond acceptors (Lipinski definition) is 7. The molecule has 0 aliphatic carbocycles. The first-order valence-corrected chi connectivity index (χ1v) is 11.2. The van der Waals surface area contributed by atoms with Crippen LogP contribution in [0.2, 0.25) is 0 Å². The molecule has 0 spiro atoms. The maximum absolute atomic E-state index is 13.1. The summed E-state index contributed by atoms with van der Waals surface area (Å²) in [4.78, 5) is 33.3. The van der Waals surface area contributed by atoms with Gasteiger partial charge in [-0.05, 0) is 17.7 Å². The zero-order valence-corrected chi connectivity index (χ0v) is 19.6. The van der Waals surface area contributed by atoms with Gasteiger partial charge >= 0.3 is 5.97 Å². The SMILES string of the molecule is C=CCN(CC=C)Cc1ccc2c(NC(=O)[C@@H](OC)c3ccccc3)c(C(=O)OC)sc2n1. The normalized spacial score (nSPS) is 11.8. The van der Waals surface area contributed by atoms with Crippen LogP contribution in [-0.4, -0.2) is 49.1 Å². The first-order valence-electron chi connectivity index (χ1n) is 10.4. The molecule has 172 valence electrons. The second-order valence-electron chi connectivity index (χ2n) is 7.24. The number of esters is 1. The predicted molar refractivity (Wildman–Crippen MR) is 131 cm³/mol. The molecule has 0 aliphatic heterocycles. The summed E-state index contributed by atoms with van der Waals surface area (Å²) in [5.74, 6) is -0.927. The molecule has 0 bridgehead atoms. The van der Waals surface area contributed by atoms with Gasteiger partial charge in [0.25, 0.3) is 5.91 Å². The lowest BCUT2D eigenvalue weighted by Gasteiger charge is -2.18. The Hall–Kier alpha value is -3.33. The van der Waals surface area contributed by atoms with E-state index in [0.717, 1.165) is 5.69 Å². The minimum atomic E-state index is -0.828. The summed E-state index contributed by atoms with van der Waals surface area (Å²) < 4.78 is 10.4. The quantitative estimate of drug-likeness (QED) is 0.330. The third kappa shape index (κ3) is 5.73. The van der Waals surface area contributed by atoms with Crippen LogP contribution in [0, 0.1) is 0 Å². The fourth-order valence-electron chi connectivity index (χ4n) is 3.47. The van der Waals surface area contributed by atoms with Gasteiger partial charge in [0.2, 0.25) is 0 Å². The molecule has 1 atom stereocenters. The van der Waals surface area contributed by atoms with E-state index in [1.165, 1.54) is 25.6 Å².